The molecule has 6 heteroatoms. The zero-order chi connectivity index (χ0) is 12.3. The summed E-state index contributed by atoms with van der Waals surface area (Å²) in [5.74, 6) is 0.0295. The Bertz CT molecular complexity index is 485. The molecule has 1 rings (SSSR count). The van der Waals surface area contributed by atoms with Crippen molar-refractivity contribution < 1.29 is 17.5 Å². The van der Waals surface area contributed by atoms with Crippen molar-refractivity contribution in [2.24, 2.45) is 0 Å². The van der Waals surface area contributed by atoms with E-state index in [0.717, 1.165) is 6.26 Å². The van der Waals surface area contributed by atoms with Gasteiger partial charge in [-0.2, -0.15) is 0 Å². The maximum absolute atomic E-state index is 12.0. The second-order valence-corrected chi connectivity index (χ2v) is 5.70. The Morgan fingerprint density at radius 3 is 2.56 bits per heavy atom. The van der Waals surface area contributed by atoms with Crippen LogP contribution < -0.4 is 4.74 Å². The van der Waals surface area contributed by atoms with Crippen molar-refractivity contribution in [2.75, 3.05) is 19.5 Å². The number of halogens is 2. The maximum Gasteiger partial charge on any atom is 0.179 e. The van der Waals surface area contributed by atoms with Gasteiger partial charge in [0.1, 0.15) is 18.2 Å². The van der Waals surface area contributed by atoms with Gasteiger partial charge in [0, 0.05) is 6.26 Å². The predicted molar refractivity (Wildman–Crippen MR) is 60.8 cm³/mol. The fraction of sp³-hybridized carbons (Fsp3) is 0.400. The number of aryl methyl sites for hydroxylation is 1. The SMILES string of the molecule is Cc1ccc(S(C)(=O)=O)c(OCCF)c1Cl. The number of sulfone groups is 1. The zero-order valence-electron chi connectivity index (χ0n) is 8.96. The van der Waals surface area contributed by atoms with Crippen molar-refractivity contribution in [3.05, 3.63) is 22.7 Å². The summed E-state index contributed by atoms with van der Waals surface area (Å²) in [7, 11) is -3.44. The number of hydrogen-bond donors (Lipinski definition) is 0. The molecule has 0 saturated carbocycles. The van der Waals surface area contributed by atoms with Gasteiger partial charge in [-0.3, -0.25) is 0 Å². The molecule has 3 nitrogen and oxygen atoms in total. The van der Waals surface area contributed by atoms with Crippen molar-refractivity contribution in [3.63, 3.8) is 0 Å². The lowest BCUT2D eigenvalue weighted by atomic mass is 10.2. The lowest BCUT2D eigenvalue weighted by Crippen LogP contribution is -2.06. The third kappa shape index (κ3) is 2.86. The highest BCUT2D eigenvalue weighted by atomic mass is 35.5. The minimum atomic E-state index is -3.44. The Labute approximate surface area is 99.1 Å². The van der Waals surface area contributed by atoms with E-state index < -0.39 is 16.5 Å². The van der Waals surface area contributed by atoms with Crippen LogP contribution in [-0.4, -0.2) is 28.0 Å². The molecule has 1 aromatic carbocycles. The van der Waals surface area contributed by atoms with Gasteiger partial charge in [0.15, 0.2) is 15.6 Å². The lowest BCUT2D eigenvalue weighted by molar-refractivity contribution is 0.267. The maximum atomic E-state index is 12.0. The van der Waals surface area contributed by atoms with Gasteiger partial charge in [-0.25, -0.2) is 12.8 Å². The van der Waals surface area contributed by atoms with E-state index in [9.17, 15) is 12.8 Å². The van der Waals surface area contributed by atoms with Crippen LogP contribution in [0.2, 0.25) is 5.02 Å². The molecule has 0 aliphatic carbocycles. The minimum Gasteiger partial charge on any atom is -0.488 e. The predicted octanol–water partition coefficient (Wildman–Crippen LogP) is 2.40. The Morgan fingerprint density at radius 2 is 2.06 bits per heavy atom. The molecule has 0 spiro atoms. The molecule has 0 radical (unpaired) electrons. The second kappa shape index (κ2) is 5.01. The van der Waals surface area contributed by atoms with Gasteiger partial charge in [0.2, 0.25) is 0 Å². The van der Waals surface area contributed by atoms with Gasteiger partial charge < -0.3 is 4.74 Å². The summed E-state index contributed by atoms with van der Waals surface area (Å²) >= 11 is 5.93. The second-order valence-electron chi connectivity index (χ2n) is 3.33. The summed E-state index contributed by atoms with van der Waals surface area (Å²) in [4.78, 5) is -0.0171. The van der Waals surface area contributed by atoms with E-state index in [2.05, 4.69) is 0 Å². The van der Waals surface area contributed by atoms with Crippen molar-refractivity contribution >= 4 is 21.4 Å². The molecule has 1 aromatic rings. The third-order valence-corrected chi connectivity index (χ3v) is 3.57. The summed E-state index contributed by atoms with van der Waals surface area (Å²) < 4.78 is 40.0. The molecule has 0 aromatic heterocycles. The lowest BCUT2D eigenvalue weighted by Gasteiger charge is -2.12. The van der Waals surface area contributed by atoms with Gasteiger partial charge in [-0.15, -0.1) is 0 Å². The van der Waals surface area contributed by atoms with Crippen molar-refractivity contribution in [3.8, 4) is 5.75 Å². The van der Waals surface area contributed by atoms with E-state index in [4.69, 9.17) is 16.3 Å². The summed E-state index contributed by atoms with van der Waals surface area (Å²) in [6, 6.07) is 2.99. The van der Waals surface area contributed by atoms with Gasteiger partial charge >= 0.3 is 0 Å². The van der Waals surface area contributed by atoms with Crippen LogP contribution in [0, 0.1) is 6.92 Å². The van der Waals surface area contributed by atoms with Crippen molar-refractivity contribution in [1.82, 2.24) is 0 Å². The highest BCUT2D eigenvalue weighted by Crippen LogP contribution is 2.34. The number of benzene rings is 1. The number of alkyl halides is 1. The van der Waals surface area contributed by atoms with E-state index in [1.54, 1.807) is 13.0 Å². The van der Waals surface area contributed by atoms with E-state index in [1.165, 1.54) is 6.07 Å². The van der Waals surface area contributed by atoms with Crippen molar-refractivity contribution in [2.45, 2.75) is 11.8 Å². The number of ether oxygens (including phenoxy) is 1. The highest BCUT2D eigenvalue weighted by Gasteiger charge is 2.18. The van der Waals surface area contributed by atoms with Gasteiger partial charge in [-0.05, 0) is 18.6 Å². The Balaban J connectivity index is 3.33. The molecule has 0 amide bonds. The van der Waals surface area contributed by atoms with Crippen LogP contribution in [0.1, 0.15) is 5.56 Å². The Morgan fingerprint density at radius 1 is 1.44 bits per heavy atom. The Kier molecular flexibility index (Phi) is 4.15. The fourth-order valence-electron chi connectivity index (χ4n) is 1.20. The molecule has 90 valence electrons. The first-order valence-corrected chi connectivity index (χ1v) is 6.82. The zero-order valence-corrected chi connectivity index (χ0v) is 10.5. The third-order valence-electron chi connectivity index (χ3n) is 1.98. The first kappa shape index (κ1) is 13.3. The molecule has 16 heavy (non-hydrogen) atoms. The van der Waals surface area contributed by atoms with Crippen LogP contribution >= 0.6 is 11.6 Å². The summed E-state index contributed by atoms with van der Waals surface area (Å²) in [6.07, 6.45) is 1.05. The van der Waals surface area contributed by atoms with E-state index in [-0.39, 0.29) is 22.3 Å². The first-order valence-electron chi connectivity index (χ1n) is 4.56. The molecule has 0 aliphatic heterocycles. The van der Waals surface area contributed by atoms with Crippen LogP contribution in [0.4, 0.5) is 4.39 Å². The van der Waals surface area contributed by atoms with Crippen LogP contribution in [0.25, 0.3) is 0 Å². The largest absolute Gasteiger partial charge is 0.488 e. The smallest absolute Gasteiger partial charge is 0.179 e. The molecule has 0 heterocycles. The molecule has 0 bridgehead atoms. The number of rotatable bonds is 4. The normalized spacial score (nSPS) is 11.5. The molecular weight excluding hydrogens is 255 g/mol. The van der Waals surface area contributed by atoms with Crippen molar-refractivity contribution in [1.29, 1.82) is 0 Å². The standard InChI is InChI=1S/C10H12ClFO3S/c1-7-3-4-8(16(2,13)14)10(9(7)11)15-6-5-12/h3-4H,5-6H2,1-2H3. The highest BCUT2D eigenvalue weighted by molar-refractivity contribution is 7.90. The van der Waals surface area contributed by atoms with E-state index in [1.807, 2.05) is 0 Å². The topological polar surface area (TPSA) is 43.4 Å². The molecule has 0 fully saturated rings. The van der Waals surface area contributed by atoms with Crippen LogP contribution in [0.5, 0.6) is 5.75 Å². The molecule has 0 saturated heterocycles. The average Bonchev–Trinajstić information content (AvgIpc) is 2.18. The van der Waals surface area contributed by atoms with Gasteiger partial charge in [0.05, 0.1) is 5.02 Å². The molecule has 0 atom stereocenters. The van der Waals surface area contributed by atoms with Gasteiger partial charge in [0.25, 0.3) is 0 Å². The average molecular weight is 267 g/mol. The minimum absolute atomic E-state index is 0.0171. The fourth-order valence-corrected chi connectivity index (χ4v) is 2.29. The quantitative estimate of drug-likeness (QED) is 0.841. The molecule has 0 N–H and O–H groups in total. The van der Waals surface area contributed by atoms with Crippen LogP contribution in [0.3, 0.4) is 0 Å². The number of hydrogen-bond acceptors (Lipinski definition) is 3. The monoisotopic (exact) mass is 266 g/mol. The summed E-state index contributed by atoms with van der Waals surface area (Å²) in [5, 5.41) is 0.205. The molecule has 0 aliphatic rings. The van der Waals surface area contributed by atoms with E-state index >= 15 is 0 Å². The molecular formula is C10H12ClFO3S. The van der Waals surface area contributed by atoms with Crippen LogP contribution in [-0.2, 0) is 9.84 Å². The summed E-state index contributed by atoms with van der Waals surface area (Å²) in [5.41, 5.74) is 0.683. The molecule has 0 unspecified atom stereocenters. The first-order chi connectivity index (χ1) is 7.38. The van der Waals surface area contributed by atoms with E-state index in [0.29, 0.717) is 5.56 Å². The Hall–Kier alpha value is -0.810. The summed E-state index contributed by atoms with van der Waals surface area (Å²) in [6.45, 7) is 0.801. The van der Waals surface area contributed by atoms with Gasteiger partial charge in [-0.1, -0.05) is 17.7 Å². The van der Waals surface area contributed by atoms with Crippen LogP contribution in [0.15, 0.2) is 17.0 Å².